The molecule has 1 aliphatic rings. The quantitative estimate of drug-likeness (QED) is 0.484. The first-order valence-corrected chi connectivity index (χ1v) is 3.64. The molecule has 0 spiro atoms. The van der Waals surface area contributed by atoms with Gasteiger partial charge in [-0.3, -0.25) is 9.11 Å². The zero-order valence-electron chi connectivity index (χ0n) is 3.29. The Hall–Kier alpha value is 0.270. The highest BCUT2D eigenvalue weighted by Gasteiger charge is 2.20. The monoisotopic (exact) mass is 107 g/mol. The van der Waals surface area contributed by atoms with Crippen molar-refractivity contribution in [2.45, 2.75) is 0 Å². The molecule has 0 unspecified atom stereocenters. The van der Waals surface area contributed by atoms with Crippen LogP contribution in [0.5, 0.6) is 0 Å². The van der Waals surface area contributed by atoms with Gasteiger partial charge in [0.25, 0.3) is 0 Å². The summed E-state index contributed by atoms with van der Waals surface area (Å²) in [7, 11) is -2.04. The van der Waals surface area contributed by atoms with Crippen LogP contribution in [-0.4, -0.2) is 20.6 Å². The Morgan fingerprint density at radius 1 is 1.33 bits per heavy atom. The predicted molar refractivity (Wildman–Crippen MR) is 26.9 cm³/mol. The van der Waals surface area contributed by atoms with Crippen LogP contribution in [0, 0.1) is 6.42 Å². The van der Waals surface area contributed by atoms with Crippen molar-refractivity contribution in [1.29, 1.82) is 0 Å². The molecule has 1 radical (unpaired) electrons. The molecule has 1 saturated heterocycles. The molecule has 6 heavy (non-hydrogen) atoms. The third-order valence-corrected chi connectivity index (χ3v) is 2.31. The van der Waals surface area contributed by atoms with Crippen molar-refractivity contribution >= 4 is 10.6 Å². The summed E-state index contributed by atoms with van der Waals surface area (Å²) in [6.45, 7) is 0. The molecule has 0 aromatic heterocycles. The van der Waals surface area contributed by atoms with Crippen molar-refractivity contribution in [3.8, 4) is 0 Å². The molecule has 0 bridgehead atoms. The SMILES string of the molecule is OS1(O)C[CH]C1. The Morgan fingerprint density at radius 3 is 1.67 bits per heavy atom. The maximum atomic E-state index is 8.52. The Morgan fingerprint density at radius 2 is 1.67 bits per heavy atom. The summed E-state index contributed by atoms with van der Waals surface area (Å²) in [6, 6.07) is 0. The van der Waals surface area contributed by atoms with Gasteiger partial charge in [0.05, 0.1) is 0 Å². The van der Waals surface area contributed by atoms with Gasteiger partial charge < -0.3 is 0 Å². The van der Waals surface area contributed by atoms with Crippen LogP contribution in [0.1, 0.15) is 0 Å². The second-order valence-electron chi connectivity index (χ2n) is 1.42. The zero-order valence-corrected chi connectivity index (χ0v) is 4.11. The van der Waals surface area contributed by atoms with Crippen LogP contribution < -0.4 is 0 Å². The minimum absolute atomic E-state index is 0.521. The van der Waals surface area contributed by atoms with Crippen molar-refractivity contribution in [3.05, 3.63) is 6.42 Å². The lowest BCUT2D eigenvalue weighted by atomic mass is 10.5. The summed E-state index contributed by atoms with van der Waals surface area (Å²) in [5, 5.41) is 0. The van der Waals surface area contributed by atoms with Crippen molar-refractivity contribution < 1.29 is 9.11 Å². The van der Waals surface area contributed by atoms with Crippen LogP contribution in [0.2, 0.25) is 0 Å². The highest BCUT2D eigenvalue weighted by molar-refractivity contribution is 8.25. The summed E-state index contributed by atoms with van der Waals surface area (Å²) in [5.74, 6) is 1.04. The lowest BCUT2D eigenvalue weighted by molar-refractivity contribution is 0.482. The Kier molecular flexibility index (Phi) is 0.825. The lowest BCUT2D eigenvalue weighted by Gasteiger charge is -2.40. The summed E-state index contributed by atoms with van der Waals surface area (Å²) in [6.07, 6.45) is 1.87. The maximum absolute atomic E-state index is 8.52. The minimum Gasteiger partial charge on any atom is -0.299 e. The van der Waals surface area contributed by atoms with E-state index in [1.807, 2.05) is 6.42 Å². The highest BCUT2D eigenvalue weighted by atomic mass is 32.3. The number of hydrogen-bond donors (Lipinski definition) is 2. The molecule has 0 aromatic carbocycles. The highest BCUT2D eigenvalue weighted by Crippen LogP contribution is 2.47. The molecular weight excluding hydrogens is 100 g/mol. The average molecular weight is 107 g/mol. The van der Waals surface area contributed by atoms with Gasteiger partial charge in [-0.15, -0.1) is 0 Å². The molecule has 0 atom stereocenters. The van der Waals surface area contributed by atoms with Gasteiger partial charge in [-0.05, 0) is 6.42 Å². The fourth-order valence-electron chi connectivity index (χ4n) is 0.329. The molecule has 2 nitrogen and oxygen atoms in total. The molecule has 1 heterocycles. The molecule has 37 valence electrons. The van der Waals surface area contributed by atoms with Crippen molar-refractivity contribution in [3.63, 3.8) is 0 Å². The molecule has 3 heteroatoms. The molecular formula is C3H7O2S. The zero-order chi connectivity index (χ0) is 4.62. The first kappa shape index (κ1) is 4.43. The van der Waals surface area contributed by atoms with Gasteiger partial charge in [0, 0.05) is 11.5 Å². The van der Waals surface area contributed by atoms with Gasteiger partial charge in [-0.25, -0.2) is 0 Å². The van der Waals surface area contributed by atoms with Crippen LogP contribution in [0.4, 0.5) is 0 Å². The van der Waals surface area contributed by atoms with E-state index in [9.17, 15) is 0 Å². The van der Waals surface area contributed by atoms with E-state index in [1.165, 1.54) is 0 Å². The first-order chi connectivity index (χ1) is 2.71. The summed E-state index contributed by atoms with van der Waals surface area (Å²) < 4.78 is 17.0. The third kappa shape index (κ3) is 0.668. The second kappa shape index (κ2) is 1.12. The van der Waals surface area contributed by atoms with Gasteiger partial charge in [0.2, 0.25) is 0 Å². The van der Waals surface area contributed by atoms with E-state index in [0.717, 1.165) is 0 Å². The van der Waals surface area contributed by atoms with Crippen LogP contribution in [-0.2, 0) is 0 Å². The normalized spacial score (nSPS) is 34.3. The molecule has 1 rings (SSSR count). The smallest absolute Gasteiger partial charge is 0.0421 e. The Bertz CT molecular complexity index is 55.8. The van der Waals surface area contributed by atoms with Crippen molar-refractivity contribution in [1.82, 2.24) is 0 Å². The Labute approximate surface area is 38.5 Å². The minimum atomic E-state index is -2.04. The van der Waals surface area contributed by atoms with Gasteiger partial charge in [0.15, 0.2) is 0 Å². The van der Waals surface area contributed by atoms with Gasteiger partial charge in [0.1, 0.15) is 0 Å². The molecule has 0 aliphatic carbocycles. The summed E-state index contributed by atoms with van der Waals surface area (Å²) >= 11 is 0. The molecule has 0 amide bonds. The summed E-state index contributed by atoms with van der Waals surface area (Å²) in [4.78, 5) is 0. The molecule has 1 aliphatic heterocycles. The molecule has 0 saturated carbocycles. The third-order valence-electron chi connectivity index (χ3n) is 0.770. The van der Waals surface area contributed by atoms with Gasteiger partial charge >= 0.3 is 0 Å². The van der Waals surface area contributed by atoms with Crippen molar-refractivity contribution in [2.24, 2.45) is 0 Å². The fraction of sp³-hybridized carbons (Fsp3) is 0.667. The summed E-state index contributed by atoms with van der Waals surface area (Å²) in [5.41, 5.74) is 0. The topological polar surface area (TPSA) is 40.5 Å². The van der Waals surface area contributed by atoms with Crippen LogP contribution in [0.3, 0.4) is 0 Å². The van der Waals surface area contributed by atoms with Crippen LogP contribution in [0.25, 0.3) is 0 Å². The molecule has 1 fully saturated rings. The van der Waals surface area contributed by atoms with E-state index >= 15 is 0 Å². The Balaban J connectivity index is 2.31. The lowest BCUT2D eigenvalue weighted by Crippen LogP contribution is -2.19. The van der Waals surface area contributed by atoms with Crippen LogP contribution in [0.15, 0.2) is 0 Å². The first-order valence-electron chi connectivity index (χ1n) is 1.76. The van der Waals surface area contributed by atoms with E-state index in [4.69, 9.17) is 9.11 Å². The van der Waals surface area contributed by atoms with E-state index in [-0.39, 0.29) is 0 Å². The number of hydrogen-bond acceptors (Lipinski definition) is 2. The van der Waals surface area contributed by atoms with Crippen molar-refractivity contribution in [2.75, 3.05) is 11.5 Å². The maximum Gasteiger partial charge on any atom is 0.0421 e. The average Bonchev–Trinajstić information content (AvgIpc) is 1.32. The van der Waals surface area contributed by atoms with E-state index < -0.39 is 10.6 Å². The van der Waals surface area contributed by atoms with Gasteiger partial charge in [-0.2, -0.15) is 10.6 Å². The fourth-order valence-corrected chi connectivity index (χ4v) is 0.986. The largest absolute Gasteiger partial charge is 0.299 e. The number of rotatable bonds is 0. The second-order valence-corrected chi connectivity index (χ2v) is 3.70. The standard InChI is InChI=1S/C3H7O2S/c4-6(5)2-1-3-6/h1,4-5H,2-3H2. The van der Waals surface area contributed by atoms with E-state index in [0.29, 0.717) is 11.5 Å². The molecule has 2 N–H and O–H groups in total. The van der Waals surface area contributed by atoms with Crippen LogP contribution >= 0.6 is 10.6 Å². The van der Waals surface area contributed by atoms with E-state index in [2.05, 4.69) is 0 Å². The van der Waals surface area contributed by atoms with Gasteiger partial charge in [-0.1, -0.05) is 0 Å². The predicted octanol–water partition coefficient (Wildman–Crippen LogP) is 0.955. The molecule has 0 aromatic rings. The van der Waals surface area contributed by atoms with E-state index in [1.54, 1.807) is 0 Å².